The fourth-order valence-electron chi connectivity index (χ4n) is 1.81. The lowest BCUT2D eigenvalue weighted by Crippen LogP contribution is -1.90. The molecule has 0 saturated carbocycles. The molecule has 0 aliphatic rings. The zero-order chi connectivity index (χ0) is 12.5. The molecule has 88 valence electrons. The highest BCUT2D eigenvalue weighted by molar-refractivity contribution is 9.10. The van der Waals surface area contributed by atoms with Gasteiger partial charge in [-0.05, 0) is 30.3 Å². The Morgan fingerprint density at radius 1 is 1.00 bits per heavy atom. The Labute approximate surface area is 112 Å². The Hall–Kier alpha value is -1.81. The minimum Gasteiger partial charge on any atom is -0.255 e. The number of benzene rings is 1. The summed E-state index contributed by atoms with van der Waals surface area (Å²) in [4.78, 5) is 8.54. The molecular weight excluding hydrogens is 295 g/mol. The number of nitrogens with zero attached hydrogens (tertiary/aromatic N) is 2. The van der Waals surface area contributed by atoms with E-state index in [9.17, 15) is 4.39 Å². The lowest BCUT2D eigenvalue weighted by molar-refractivity contribution is 0.636. The normalized spacial score (nSPS) is 10.8. The largest absolute Gasteiger partial charge is 0.255 e. The lowest BCUT2D eigenvalue weighted by Gasteiger charge is -2.04. The minimum absolute atomic E-state index is 0.336. The molecule has 0 aliphatic heterocycles. The molecule has 3 aromatic rings. The third-order valence-electron chi connectivity index (χ3n) is 2.64. The van der Waals surface area contributed by atoms with E-state index < -0.39 is 0 Å². The molecule has 0 radical (unpaired) electrons. The Balaban J connectivity index is 2.23. The second-order valence-electron chi connectivity index (χ2n) is 3.87. The van der Waals surface area contributed by atoms with Crippen LogP contribution in [0.3, 0.4) is 0 Å². The highest BCUT2D eigenvalue weighted by Crippen LogP contribution is 2.24. The summed E-state index contributed by atoms with van der Waals surface area (Å²) in [5, 5.41) is 0.765. The van der Waals surface area contributed by atoms with Crippen molar-refractivity contribution in [3.63, 3.8) is 0 Å². The summed E-state index contributed by atoms with van der Waals surface area (Å²) >= 11 is 3.27. The van der Waals surface area contributed by atoms with Crippen molar-refractivity contribution in [3.05, 3.63) is 59.0 Å². The molecule has 0 atom stereocenters. The monoisotopic (exact) mass is 302 g/mol. The first-order chi connectivity index (χ1) is 8.74. The summed E-state index contributed by atoms with van der Waals surface area (Å²) in [6, 6.07) is 12.5. The van der Waals surface area contributed by atoms with Crippen molar-refractivity contribution in [3.8, 4) is 11.4 Å². The molecule has 0 amide bonds. The maximum Gasteiger partial charge on any atom is 0.150 e. The molecular formula is C14H8BrFN2. The summed E-state index contributed by atoms with van der Waals surface area (Å²) in [6.45, 7) is 0. The molecule has 18 heavy (non-hydrogen) atoms. The van der Waals surface area contributed by atoms with E-state index in [-0.39, 0.29) is 5.82 Å². The van der Waals surface area contributed by atoms with Crippen molar-refractivity contribution in [2.75, 3.05) is 0 Å². The zero-order valence-corrected chi connectivity index (χ0v) is 10.9. The average Bonchev–Trinajstić information content (AvgIpc) is 2.39. The molecule has 2 nitrogen and oxygen atoms in total. The van der Waals surface area contributed by atoms with E-state index in [4.69, 9.17) is 0 Å². The van der Waals surface area contributed by atoms with Crippen LogP contribution in [0.2, 0.25) is 0 Å². The second kappa shape index (κ2) is 4.46. The number of aromatic nitrogens is 2. The van der Waals surface area contributed by atoms with Gasteiger partial charge in [-0.25, -0.2) is 9.37 Å². The molecule has 0 spiro atoms. The van der Waals surface area contributed by atoms with Gasteiger partial charge in [-0.3, -0.25) is 4.98 Å². The number of hydrogen-bond donors (Lipinski definition) is 0. The van der Waals surface area contributed by atoms with Crippen LogP contribution in [0.5, 0.6) is 0 Å². The fraction of sp³-hybridized carbons (Fsp3) is 0. The third-order valence-corrected chi connectivity index (χ3v) is 3.10. The van der Waals surface area contributed by atoms with Gasteiger partial charge in [0.15, 0.2) is 5.82 Å². The number of pyridine rings is 2. The van der Waals surface area contributed by atoms with Gasteiger partial charge in [0.2, 0.25) is 0 Å². The molecule has 0 N–H and O–H groups in total. The van der Waals surface area contributed by atoms with Crippen LogP contribution in [0, 0.1) is 5.82 Å². The molecule has 2 aromatic heterocycles. The summed E-state index contributed by atoms with van der Waals surface area (Å²) in [5.74, 6) is -0.336. The molecule has 4 heteroatoms. The van der Waals surface area contributed by atoms with Crippen LogP contribution >= 0.6 is 15.9 Å². The van der Waals surface area contributed by atoms with Crippen LogP contribution in [0.4, 0.5) is 4.39 Å². The summed E-state index contributed by atoms with van der Waals surface area (Å²) in [7, 11) is 0. The predicted molar refractivity (Wildman–Crippen MR) is 72.6 cm³/mol. The van der Waals surface area contributed by atoms with Crippen LogP contribution in [-0.2, 0) is 0 Å². The SMILES string of the molecule is Fc1cc(Br)cc2ccc(-c3ccccn3)nc12. The Bertz CT molecular complexity index is 714. The van der Waals surface area contributed by atoms with Gasteiger partial charge in [0, 0.05) is 16.1 Å². The van der Waals surface area contributed by atoms with Crippen molar-refractivity contribution < 1.29 is 4.39 Å². The lowest BCUT2D eigenvalue weighted by atomic mass is 10.1. The molecule has 3 rings (SSSR count). The number of rotatable bonds is 1. The standard InChI is InChI=1S/C14H8BrFN2/c15-10-7-9-4-5-13(12-3-1-2-6-17-12)18-14(9)11(16)8-10/h1-8H. The maximum absolute atomic E-state index is 13.8. The molecule has 0 aliphatic carbocycles. The quantitative estimate of drug-likeness (QED) is 0.673. The van der Waals surface area contributed by atoms with Crippen LogP contribution in [0.15, 0.2) is 53.1 Å². The minimum atomic E-state index is -0.336. The van der Waals surface area contributed by atoms with E-state index in [2.05, 4.69) is 25.9 Å². The van der Waals surface area contributed by atoms with E-state index in [1.807, 2.05) is 36.4 Å². The second-order valence-corrected chi connectivity index (χ2v) is 4.79. The van der Waals surface area contributed by atoms with Crippen molar-refractivity contribution in [2.45, 2.75) is 0 Å². The van der Waals surface area contributed by atoms with E-state index in [1.165, 1.54) is 6.07 Å². The highest BCUT2D eigenvalue weighted by Gasteiger charge is 2.07. The van der Waals surface area contributed by atoms with Crippen molar-refractivity contribution in [2.24, 2.45) is 0 Å². The van der Waals surface area contributed by atoms with Crippen LogP contribution in [-0.4, -0.2) is 9.97 Å². The van der Waals surface area contributed by atoms with Gasteiger partial charge < -0.3 is 0 Å². The van der Waals surface area contributed by atoms with Gasteiger partial charge in [0.25, 0.3) is 0 Å². The number of halogens is 2. The predicted octanol–water partition coefficient (Wildman–Crippen LogP) is 4.20. The smallest absolute Gasteiger partial charge is 0.150 e. The van der Waals surface area contributed by atoms with Gasteiger partial charge in [-0.2, -0.15) is 0 Å². The molecule has 0 saturated heterocycles. The Kier molecular flexibility index (Phi) is 2.80. The summed E-state index contributed by atoms with van der Waals surface area (Å²) in [5.41, 5.74) is 1.77. The fourth-order valence-corrected chi connectivity index (χ4v) is 2.26. The van der Waals surface area contributed by atoms with E-state index >= 15 is 0 Å². The first kappa shape index (κ1) is 11.3. The zero-order valence-electron chi connectivity index (χ0n) is 9.27. The van der Waals surface area contributed by atoms with Crippen molar-refractivity contribution >= 4 is 26.8 Å². The van der Waals surface area contributed by atoms with E-state index in [1.54, 1.807) is 6.20 Å². The third kappa shape index (κ3) is 1.99. The molecule has 1 aromatic carbocycles. The topological polar surface area (TPSA) is 25.8 Å². The Morgan fingerprint density at radius 2 is 1.89 bits per heavy atom. The van der Waals surface area contributed by atoms with Gasteiger partial charge >= 0.3 is 0 Å². The number of hydrogen-bond acceptors (Lipinski definition) is 2. The molecule has 0 bridgehead atoms. The van der Waals surface area contributed by atoms with Crippen LogP contribution in [0.25, 0.3) is 22.3 Å². The van der Waals surface area contributed by atoms with Crippen LogP contribution in [0.1, 0.15) is 0 Å². The first-order valence-electron chi connectivity index (χ1n) is 5.41. The van der Waals surface area contributed by atoms with Crippen molar-refractivity contribution in [1.29, 1.82) is 0 Å². The Morgan fingerprint density at radius 3 is 2.67 bits per heavy atom. The van der Waals surface area contributed by atoms with Gasteiger partial charge in [0.05, 0.1) is 11.4 Å². The summed E-state index contributed by atoms with van der Waals surface area (Å²) in [6.07, 6.45) is 1.69. The summed E-state index contributed by atoms with van der Waals surface area (Å²) < 4.78 is 14.5. The van der Waals surface area contributed by atoms with Crippen molar-refractivity contribution in [1.82, 2.24) is 9.97 Å². The first-order valence-corrected chi connectivity index (χ1v) is 6.20. The molecule has 2 heterocycles. The van der Waals surface area contributed by atoms with Gasteiger partial charge in [-0.15, -0.1) is 0 Å². The number of fused-ring (bicyclic) bond motifs is 1. The maximum atomic E-state index is 13.8. The molecule has 0 fully saturated rings. The van der Waals surface area contributed by atoms with Gasteiger partial charge in [-0.1, -0.05) is 28.1 Å². The molecule has 0 unspecified atom stereocenters. The van der Waals surface area contributed by atoms with Gasteiger partial charge in [0.1, 0.15) is 5.52 Å². The highest BCUT2D eigenvalue weighted by atomic mass is 79.9. The van der Waals surface area contributed by atoms with E-state index in [0.29, 0.717) is 15.7 Å². The average molecular weight is 303 g/mol. The van der Waals surface area contributed by atoms with Crippen LogP contribution < -0.4 is 0 Å². The van der Waals surface area contributed by atoms with E-state index in [0.717, 1.165) is 11.1 Å².